The first kappa shape index (κ1) is 17.4. The number of oxazole rings is 1. The van der Waals surface area contributed by atoms with Crippen LogP contribution in [0.4, 0.5) is 13.2 Å². The zero-order valence-corrected chi connectivity index (χ0v) is 13.5. The minimum atomic E-state index is -4.40. The average Bonchev–Trinajstić information content (AvgIpc) is 3.06. The lowest BCUT2D eigenvalue weighted by Crippen LogP contribution is -2.52. The van der Waals surface area contributed by atoms with Gasteiger partial charge in [0, 0.05) is 31.7 Å². The molecule has 0 bridgehead atoms. The SMILES string of the molecule is CN1CCN(NC(=O)c2coc(-c3ccc(C(F)(F)F)cc3)n2)CC1. The van der Waals surface area contributed by atoms with Crippen LogP contribution in [0.25, 0.3) is 11.5 Å². The summed E-state index contributed by atoms with van der Waals surface area (Å²) in [6, 6.07) is 4.42. The molecule has 0 aliphatic carbocycles. The summed E-state index contributed by atoms with van der Waals surface area (Å²) in [4.78, 5) is 18.4. The molecule has 9 heteroatoms. The molecule has 0 unspecified atom stereocenters. The van der Waals surface area contributed by atoms with Crippen molar-refractivity contribution in [3.63, 3.8) is 0 Å². The van der Waals surface area contributed by atoms with Gasteiger partial charge in [0.1, 0.15) is 6.26 Å². The number of hydrogen-bond acceptors (Lipinski definition) is 5. The lowest BCUT2D eigenvalue weighted by Gasteiger charge is -2.32. The molecule has 2 heterocycles. The molecule has 0 saturated carbocycles. The minimum Gasteiger partial charge on any atom is -0.444 e. The van der Waals surface area contributed by atoms with E-state index in [2.05, 4.69) is 15.3 Å². The molecule has 1 amide bonds. The maximum atomic E-state index is 12.6. The third-order valence-corrected chi connectivity index (χ3v) is 3.96. The van der Waals surface area contributed by atoms with E-state index in [4.69, 9.17) is 4.42 Å². The van der Waals surface area contributed by atoms with Crippen molar-refractivity contribution in [2.75, 3.05) is 33.2 Å². The number of hydrogen-bond donors (Lipinski definition) is 1. The molecule has 1 N–H and O–H groups in total. The smallest absolute Gasteiger partial charge is 0.416 e. The van der Waals surface area contributed by atoms with Crippen molar-refractivity contribution in [1.82, 2.24) is 20.3 Å². The summed E-state index contributed by atoms with van der Waals surface area (Å²) in [5.41, 5.74) is 2.44. The topological polar surface area (TPSA) is 61.6 Å². The average molecular weight is 354 g/mol. The van der Waals surface area contributed by atoms with E-state index in [1.807, 2.05) is 7.05 Å². The Bertz CT molecular complexity index is 735. The van der Waals surface area contributed by atoms with Gasteiger partial charge in [-0.2, -0.15) is 13.2 Å². The Labute approximate surface area is 142 Å². The van der Waals surface area contributed by atoms with Crippen molar-refractivity contribution in [2.24, 2.45) is 0 Å². The number of carbonyl (C=O) groups excluding carboxylic acids is 1. The number of nitrogens with one attached hydrogen (secondary N) is 1. The highest BCUT2D eigenvalue weighted by Crippen LogP contribution is 2.30. The second-order valence-electron chi connectivity index (χ2n) is 5.84. The summed E-state index contributed by atoms with van der Waals surface area (Å²) < 4.78 is 43.0. The van der Waals surface area contributed by atoms with Gasteiger partial charge in [0.05, 0.1) is 5.56 Å². The maximum absolute atomic E-state index is 12.6. The quantitative estimate of drug-likeness (QED) is 0.916. The van der Waals surface area contributed by atoms with Crippen molar-refractivity contribution >= 4 is 5.91 Å². The second kappa shape index (κ2) is 6.85. The third kappa shape index (κ3) is 4.18. The number of benzene rings is 1. The van der Waals surface area contributed by atoms with E-state index in [0.29, 0.717) is 18.7 Å². The summed E-state index contributed by atoms with van der Waals surface area (Å²) in [7, 11) is 2.01. The van der Waals surface area contributed by atoms with Crippen LogP contribution in [0.2, 0.25) is 0 Å². The van der Waals surface area contributed by atoms with Gasteiger partial charge >= 0.3 is 6.18 Å². The van der Waals surface area contributed by atoms with Crippen molar-refractivity contribution in [1.29, 1.82) is 0 Å². The van der Waals surface area contributed by atoms with Gasteiger partial charge in [-0.05, 0) is 31.3 Å². The molecule has 0 atom stereocenters. The molecule has 1 aromatic carbocycles. The Morgan fingerprint density at radius 2 is 1.80 bits per heavy atom. The van der Waals surface area contributed by atoms with Crippen LogP contribution >= 0.6 is 0 Å². The van der Waals surface area contributed by atoms with Gasteiger partial charge in [0.2, 0.25) is 5.89 Å². The fraction of sp³-hybridized carbons (Fsp3) is 0.375. The number of hydrazine groups is 1. The Morgan fingerprint density at radius 3 is 2.40 bits per heavy atom. The molecule has 1 saturated heterocycles. The first-order chi connectivity index (χ1) is 11.8. The van der Waals surface area contributed by atoms with E-state index in [1.165, 1.54) is 18.4 Å². The second-order valence-corrected chi connectivity index (χ2v) is 5.84. The number of halogens is 3. The molecule has 1 fully saturated rings. The van der Waals surface area contributed by atoms with Gasteiger partial charge in [0.15, 0.2) is 5.69 Å². The number of nitrogens with zero attached hydrogens (tertiary/aromatic N) is 3. The number of alkyl halides is 3. The van der Waals surface area contributed by atoms with Gasteiger partial charge in [-0.3, -0.25) is 10.2 Å². The summed E-state index contributed by atoms with van der Waals surface area (Å²) >= 11 is 0. The fourth-order valence-corrected chi connectivity index (χ4v) is 2.43. The number of aromatic nitrogens is 1. The molecule has 2 aromatic rings. The summed E-state index contributed by atoms with van der Waals surface area (Å²) in [6.45, 7) is 3.09. The van der Waals surface area contributed by atoms with Crippen molar-refractivity contribution in [3.05, 3.63) is 41.8 Å². The van der Waals surface area contributed by atoms with Gasteiger partial charge in [-0.25, -0.2) is 9.99 Å². The normalized spacial score (nSPS) is 16.8. The Kier molecular flexibility index (Phi) is 4.78. The third-order valence-electron chi connectivity index (χ3n) is 3.96. The van der Waals surface area contributed by atoms with E-state index >= 15 is 0 Å². The summed E-state index contributed by atoms with van der Waals surface area (Å²) in [5.74, 6) is -0.316. The van der Waals surface area contributed by atoms with Crippen LogP contribution in [0.5, 0.6) is 0 Å². The van der Waals surface area contributed by atoms with Gasteiger partial charge in [-0.15, -0.1) is 0 Å². The molecule has 6 nitrogen and oxygen atoms in total. The number of piperazine rings is 1. The number of rotatable bonds is 3. The molecule has 1 aromatic heterocycles. The van der Waals surface area contributed by atoms with E-state index in [9.17, 15) is 18.0 Å². The van der Waals surface area contributed by atoms with Gasteiger partial charge in [-0.1, -0.05) is 0 Å². The molecule has 1 aliphatic heterocycles. The molecule has 3 rings (SSSR count). The first-order valence-corrected chi connectivity index (χ1v) is 7.70. The molecule has 0 radical (unpaired) electrons. The van der Waals surface area contributed by atoms with Gasteiger partial charge < -0.3 is 9.32 Å². The van der Waals surface area contributed by atoms with Crippen molar-refractivity contribution < 1.29 is 22.4 Å². The molecule has 0 spiro atoms. The Morgan fingerprint density at radius 1 is 1.16 bits per heavy atom. The minimum absolute atomic E-state index is 0.0776. The predicted molar refractivity (Wildman–Crippen MR) is 83.5 cm³/mol. The predicted octanol–water partition coefficient (Wildman–Crippen LogP) is 2.25. The first-order valence-electron chi connectivity index (χ1n) is 7.70. The maximum Gasteiger partial charge on any atom is 0.416 e. The van der Waals surface area contributed by atoms with E-state index in [-0.39, 0.29) is 11.6 Å². The monoisotopic (exact) mass is 354 g/mol. The zero-order valence-electron chi connectivity index (χ0n) is 13.5. The lowest BCUT2D eigenvalue weighted by molar-refractivity contribution is -0.137. The van der Waals surface area contributed by atoms with Crippen LogP contribution in [0.3, 0.4) is 0 Å². The molecular formula is C16H17F3N4O2. The Hall–Kier alpha value is -2.39. The number of amides is 1. The van der Waals surface area contributed by atoms with Crippen LogP contribution in [0, 0.1) is 0 Å². The molecular weight excluding hydrogens is 337 g/mol. The van der Waals surface area contributed by atoms with Crippen LogP contribution in [-0.4, -0.2) is 54.0 Å². The van der Waals surface area contributed by atoms with E-state index in [0.717, 1.165) is 25.2 Å². The number of likely N-dealkylation sites (N-methyl/N-ethyl adjacent to an activating group) is 1. The highest BCUT2D eigenvalue weighted by atomic mass is 19.4. The Balaban J connectivity index is 1.66. The van der Waals surface area contributed by atoms with Crippen LogP contribution in [0.15, 0.2) is 34.9 Å². The molecule has 134 valence electrons. The van der Waals surface area contributed by atoms with E-state index < -0.39 is 17.6 Å². The standard InChI is InChI=1S/C16H17F3N4O2/c1-22-6-8-23(9-7-22)21-14(24)13-10-25-15(20-13)11-2-4-12(5-3-11)16(17,18)19/h2-5,10H,6-9H2,1H3,(H,21,24). The van der Waals surface area contributed by atoms with Crippen LogP contribution in [0.1, 0.15) is 16.1 Å². The fourth-order valence-electron chi connectivity index (χ4n) is 2.43. The van der Waals surface area contributed by atoms with Crippen LogP contribution < -0.4 is 5.43 Å². The summed E-state index contributed by atoms with van der Waals surface area (Å²) in [6.07, 6.45) is -3.21. The van der Waals surface area contributed by atoms with Crippen molar-refractivity contribution in [3.8, 4) is 11.5 Å². The summed E-state index contributed by atoms with van der Waals surface area (Å²) in [5, 5.41) is 1.80. The molecule has 1 aliphatic rings. The molecule has 25 heavy (non-hydrogen) atoms. The highest BCUT2D eigenvalue weighted by Gasteiger charge is 2.30. The highest BCUT2D eigenvalue weighted by molar-refractivity contribution is 5.92. The van der Waals surface area contributed by atoms with Crippen molar-refractivity contribution in [2.45, 2.75) is 6.18 Å². The van der Waals surface area contributed by atoms with E-state index in [1.54, 1.807) is 5.01 Å². The van der Waals surface area contributed by atoms with Crippen LogP contribution in [-0.2, 0) is 6.18 Å². The largest absolute Gasteiger partial charge is 0.444 e. The lowest BCUT2D eigenvalue weighted by atomic mass is 10.1. The zero-order chi connectivity index (χ0) is 18.0. The van der Waals surface area contributed by atoms with Gasteiger partial charge in [0.25, 0.3) is 5.91 Å². The number of carbonyl (C=O) groups is 1.